The van der Waals surface area contributed by atoms with Crippen molar-refractivity contribution in [3.05, 3.63) is 58.9 Å². The smallest absolute Gasteiger partial charge is 0.279 e. The summed E-state index contributed by atoms with van der Waals surface area (Å²) in [7, 11) is -2.54. The number of aromatic hydroxyl groups is 1. The molecular weight excluding hydrogens is 408 g/mol. The number of nitrogens with one attached hydrogen (secondary N) is 2. The van der Waals surface area contributed by atoms with Crippen molar-refractivity contribution in [3.8, 4) is 5.75 Å². The molecule has 0 aliphatic carbocycles. The third-order valence-electron chi connectivity index (χ3n) is 3.46. The van der Waals surface area contributed by atoms with Crippen LogP contribution in [0.1, 0.15) is 6.92 Å². The van der Waals surface area contributed by atoms with Crippen molar-refractivity contribution in [3.63, 3.8) is 0 Å². The van der Waals surface area contributed by atoms with Gasteiger partial charge in [-0.25, -0.2) is 13.1 Å². The highest BCUT2D eigenvalue weighted by Gasteiger charge is 2.17. The summed E-state index contributed by atoms with van der Waals surface area (Å²) >= 11 is 5.98. The second kappa shape index (κ2) is 8.83. The van der Waals surface area contributed by atoms with E-state index in [1.54, 1.807) is 24.3 Å². The third-order valence-corrected chi connectivity index (χ3v) is 5.21. The minimum Gasteiger partial charge on any atom is -0.510 e. The van der Waals surface area contributed by atoms with Gasteiger partial charge in [0, 0.05) is 0 Å². The van der Waals surface area contributed by atoms with Crippen LogP contribution in [0.2, 0.25) is 5.02 Å². The number of phenols is 1. The van der Waals surface area contributed by atoms with E-state index in [1.165, 1.54) is 20.0 Å². The molecule has 0 saturated heterocycles. The summed E-state index contributed by atoms with van der Waals surface area (Å²) in [5.74, 6) is -1.60. The zero-order valence-electron chi connectivity index (χ0n) is 14.8. The summed E-state index contributed by atoms with van der Waals surface area (Å²) in [5, 5.41) is 29.7. The Morgan fingerprint density at radius 1 is 1.18 bits per heavy atom. The largest absolute Gasteiger partial charge is 0.510 e. The molecule has 1 amide bonds. The summed E-state index contributed by atoms with van der Waals surface area (Å²) in [4.78, 5) is 12.2. The molecule has 0 aromatic heterocycles. The van der Waals surface area contributed by atoms with Gasteiger partial charge in [-0.05, 0) is 44.3 Å². The number of hydrogen-bond donors (Lipinski definition) is 4. The van der Waals surface area contributed by atoms with Crippen molar-refractivity contribution in [2.24, 2.45) is 10.2 Å². The molecule has 0 bridgehead atoms. The number of rotatable bonds is 6. The van der Waals surface area contributed by atoms with Crippen LogP contribution in [0, 0.1) is 0 Å². The Bertz CT molecular complexity index is 1060. The maximum Gasteiger partial charge on any atom is 0.279 e. The van der Waals surface area contributed by atoms with E-state index in [9.17, 15) is 23.4 Å². The van der Waals surface area contributed by atoms with Crippen LogP contribution in [0.15, 0.2) is 69.0 Å². The van der Waals surface area contributed by atoms with Crippen LogP contribution in [0.3, 0.4) is 0 Å². The molecule has 0 fully saturated rings. The lowest BCUT2D eigenvalue weighted by molar-refractivity contribution is -0.113. The van der Waals surface area contributed by atoms with E-state index < -0.39 is 27.4 Å². The van der Waals surface area contributed by atoms with Gasteiger partial charge in [-0.1, -0.05) is 23.7 Å². The molecular formula is C17H17ClN4O5S. The molecule has 0 spiro atoms. The number of sulfonamides is 1. The molecule has 28 heavy (non-hydrogen) atoms. The summed E-state index contributed by atoms with van der Waals surface area (Å²) in [5.41, 5.74) is -0.352. The van der Waals surface area contributed by atoms with E-state index in [0.717, 1.165) is 12.1 Å². The number of benzene rings is 2. The van der Waals surface area contributed by atoms with Gasteiger partial charge in [-0.2, -0.15) is 0 Å². The number of hydrogen-bond acceptors (Lipinski definition) is 7. The van der Waals surface area contributed by atoms with Gasteiger partial charge in [0.05, 0.1) is 15.6 Å². The highest BCUT2D eigenvalue weighted by molar-refractivity contribution is 7.89. The van der Waals surface area contributed by atoms with Gasteiger partial charge in [0.2, 0.25) is 10.0 Å². The molecule has 148 valence electrons. The van der Waals surface area contributed by atoms with Crippen LogP contribution in [-0.2, 0) is 14.8 Å². The van der Waals surface area contributed by atoms with Crippen LogP contribution in [0.4, 0.5) is 11.4 Å². The number of aliphatic hydroxyl groups excluding tert-OH is 1. The van der Waals surface area contributed by atoms with Crippen molar-refractivity contribution < 1.29 is 23.4 Å². The quantitative estimate of drug-likeness (QED) is 0.319. The van der Waals surface area contributed by atoms with Crippen molar-refractivity contribution in [1.29, 1.82) is 0 Å². The average molecular weight is 425 g/mol. The van der Waals surface area contributed by atoms with E-state index in [0.29, 0.717) is 5.69 Å². The Kier molecular flexibility index (Phi) is 6.73. The maximum atomic E-state index is 12.4. The Morgan fingerprint density at radius 2 is 1.86 bits per heavy atom. The Labute approximate surface area is 166 Å². The molecule has 4 N–H and O–H groups in total. The molecule has 2 rings (SSSR count). The van der Waals surface area contributed by atoms with Crippen LogP contribution in [0.25, 0.3) is 0 Å². The van der Waals surface area contributed by atoms with Gasteiger partial charge < -0.3 is 15.5 Å². The van der Waals surface area contributed by atoms with Gasteiger partial charge in [-0.3, -0.25) is 4.79 Å². The fraction of sp³-hybridized carbons (Fsp3) is 0.118. The number of anilines is 1. The van der Waals surface area contributed by atoms with E-state index in [-0.39, 0.29) is 21.4 Å². The molecule has 2 aromatic carbocycles. The van der Waals surface area contributed by atoms with E-state index in [2.05, 4.69) is 20.3 Å². The minimum absolute atomic E-state index is 0.159. The molecule has 0 atom stereocenters. The zero-order valence-corrected chi connectivity index (χ0v) is 16.4. The summed E-state index contributed by atoms with van der Waals surface area (Å²) in [6.07, 6.45) is 0. The SMILES string of the molecule is CNS(=O)(=O)c1ccc(O)c(N=N/C(C(=O)Nc2ccccc2Cl)=C(\C)O)c1. The number of amides is 1. The van der Waals surface area contributed by atoms with Crippen LogP contribution in [0.5, 0.6) is 5.75 Å². The molecule has 11 heteroatoms. The summed E-state index contributed by atoms with van der Waals surface area (Å²) in [6, 6.07) is 9.83. The fourth-order valence-electron chi connectivity index (χ4n) is 2.00. The highest BCUT2D eigenvalue weighted by Crippen LogP contribution is 2.30. The van der Waals surface area contributed by atoms with Crippen molar-refractivity contribution in [1.82, 2.24) is 4.72 Å². The van der Waals surface area contributed by atoms with Crippen molar-refractivity contribution in [2.75, 3.05) is 12.4 Å². The lowest BCUT2D eigenvalue weighted by Crippen LogP contribution is -2.18. The number of phenolic OH excluding ortho intramolecular Hbond substituents is 1. The Morgan fingerprint density at radius 3 is 2.46 bits per heavy atom. The number of azo groups is 1. The van der Waals surface area contributed by atoms with Crippen LogP contribution in [-0.4, -0.2) is 31.6 Å². The lowest BCUT2D eigenvalue weighted by Gasteiger charge is -2.08. The third kappa shape index (κ3) is 5.06. The number of carbonyl (C=O) groups is 1. The topological polar surface area (TPSA) is 140 Å². The molecule has 2 aromatic rings. The number of aliphatic hydroxyl groups is 1. The number of nitrogens with zero attached hydrogens (tertiary/aromatic N) is 2. The molecule has 9 nitrogen and oxygen atoms in total. The van der Waals surface area contributed by atoms with Crippen LogP contribution < -0.4 is 10.0 Å². The standard InChI is InChI=1S/C17H17ClN4O5S/c1-10(23)16(17(25)20-13-6-4-3-5-12(13)18)22-21-14-9-11(7-8-15(14)24)28(26,27)19-2/h3-9,19,23-24H,1-2H3,(H,20,25)/b16-10+,22-21?. The first-order chi connectivity index (χ1) is 13.2. The predicted octanol–water partition coefficient (Wildman–Crippen LogP) is 3.47. The molecule has 0 aliphatic heterocycles. The summed E-state index contributed by atoms with van der Waals surface area (Å²) < 4.78 is 25.9. The first kappa shape index (κ1) is 21.4. The number of allylic oxidation sites excluding steroid dienone is 1. The molecule has 0 aliphatic rings. The molecule has 0 saturated carbocycles. The van der Waals surface area contributed by atoms with Gasteiger partial charge in [0.25, 0.3) is 5.91 Å². The van der Waals surface area contributed by atoms with Gasteiger partial charge in [-0.15, -0.1) is 10.2 Å². The van der Waals surface area contributed by atoms with Gasteiger partial charge >= 0.3 is 0 Å². The molecule has 0 unspecified atom stereocenters. The van der Waals surface area contributed by atoms with Crippen LogP contribution >= 0.6 is 11.6 Å². The first-order valence-electron chi connectivity index (χ1n) is 7.79. The Hall–Kier alpha value is -2.95. The minimum atomic E-state index is -3.77. The number of carbonyl (C=O) groups excluding carboxylic acids is 1. The molecule has 0 heterocycles. The first-order valence-corrected chi connectivity index (χ1v) is 9.66. The van der Waals surface area contributed by atoms with Crippen molar-refractivity contribution >= 4 is 38.9 Å². The second-order valence-corrected chi connectivity index (χ2v) is 7.72. The van der Waals surface area contributed by atoms with Gasteiger partial charge in [0.1, 0.15) is 17.2 Å². The average Bonchev–Trinajstić information content (AvgIpc) is 2.64. The lowest BCUT2D eigenvalue weighted by atomic mass is 10.3. The van der Waals surface area contributed by atoms with E-state index in [4.69, 9.17) is 11.6 Å². The van der Waals surface area contributed by atoms with Gasteiger partial charge in [0.15, 0.2) is 5.70 Å². The highest BCUT2D eigenvalue weighted by atomic mass is 35.5. The number of para-hydroxylation sites is 1. The van der Waals surface area contributed by atoms with E-state index >= 15 is 0 Å². The number of halogens is 1. The Balaban J connectivity index is 2.34. The monoisotopic (exact) mass is 424 g/mol. The normalized spacial score (nSPS) is 12.7. The molecule has 0 radical (unpaired) electrons. The van der Waals surface area contributed by atoms with Crippen molar-refractivity contribution in [2.45, 2.75) is 11.8 Å². The maximum absolute atomic E-state index is 12.4. The van der Waals surface area contributed by atoms with E-state index in [1.807, 2.05) is 0 Å². The zero-order chi connectivity index (χ0) is 20.9. The predicted molar refractivity (Wildman–Crippen MR) is 104 cm³/mol. The second-order valence-electron chi connectivity index (χ2n) is 5.43. The summed E-state index contributed by atoms with van der Waals surface area (Å²) in [6.45, 7) is 1.22. The fourth-order valence-corrected chi connectivity index (χ4v) is 2.93.